The first kappa shape index (κ1) is 34.4. The van der Waals surface area contributed by atoms with Crippen LogP contribution in [0.2, 0.25) is 0 Å². The monoisotopic (exact) mass is 714 g/mol. The van der Waals surface area contributed by atoms with Crippen molar-refractivity contribution in [3.05, 3.63) is 143 Å². The molecule has 1 aliphatic heterocycles. The van der Waals surface area contributed by atoms with Crippen LogP contribution in [0.5, 0.6) is 5.88 Å². The highest BCUT2D eigenvalue weighted by molar-refractivity contribution is 6.02. The van der Waals surface area contributed by atoms with Gasteiger partial charge in [-0.3, -0.25) is 4.79 Å². The smallest absolute Gasteiger partial charge is 0.451 e. The summed E-state index contributed by atoms with van der Waals surface area (Å²) in [5, 5.41) is 0.513. The fourth-order valence-electron chi connectivity index (χ4n) is 6.24. The molecule has 14 heteroatoms. The van der Waals surface area contributed by atoms with Crippen LogP contribution in [0.3, 0.4) is 0 Å². The van der Waals surface area contributed by atoms with E-state index in [1.54, 1.807) is 6.08 Å². The summed E-state index contributed by atoms with van der Waals surface area (Å²) >= 11 is 0. The Labute approximate surface area is 293 Å². The minimum absolute atomic E-state index is 0.189. The van der Waals surface area contributed by atoms with Gasteiger partial charge < -0.3 is 14.2 Å². The number of carbonyl (C=O) groups is 1. The Bertz CT molecular complexity index is 2260. The average Bonchev–Trinajstić information content (AvgIpc) is 3.45. The van der Waals surface area contributed by atoms with Gasteiger partial charge in [-0.1, -0.05) is 91.0 Å². The van der Waals surface area contributed by atoms with Crippen molar-refractivity contribution >= 4 is 23.0 Å². The SMILES string of the molecule is O=C(/C=C/c1c(-c2ccccc2)n(Cc2ccccc2)c2ncnc(OCc3ccccc3)c12)N1CCc2c(nc(C(F)(F)F)nc2C(F)(F)F)C1. The summed E-state index contributed by atoms with van der Waals surface area (Å²) < 4.78 is 90.1. The van der Waals surface area contributed by atoms with Gasteiger partial charge in [-0.2, -0.15) is 26.3 Å². The van der Waals surface area contributed by atoms with E-state index in [1.165, 1.54) is 12.4 Å². The van der Waals surface area contributed by atoms with Crippen molar-refractivity contribution in [3.63, 3.8) is 0 Å². The number of rotatable bonds is 8. The zero-order valence-corrected chi connectivity index (χ0v) is 27.2. The quantitative estimate of drug-likeness (QED) is 0.117. The van der Waals surface area contributed by atoms with Crippen LogP contribution >= 0.6 is 0 Å². The first-order valence-electron chi connectivity index (χ1n) is 16.1. The minimum atomic E-state index is -5.22. The summed E-state index contributed by atoms with van der Waals surface area (Å²) in [6.07, 6.45) is -6.53. The summed E-state index contributed by atoms with van der Waals surface area (Å²) in [7, 11) is 0. The van der Waals surface area contributed by atoms with Gasteiger partial charge in [-0.25, -0.2) is 19.9 Å². The number of benzene rings is 3. The second kappa shape index (κ2) is 13.9. The zero-order valence-electron chi connectivity index (χ0n) is 27.2. The molecule has 1 amide bonds. The predicted molar refractivity (Wildman–Crippen MR) is 179 cm³/mol. The molecule has 0 bridgehead atoms. The molecule has 7 rings (SSSR count). The minimum Gasteiger partial charge on any atom is -0.472 e. The zero-order chi connectivity index (χ0) is 36.5. The maximum absolute atomic E-state index is 13.8. The standard InChI is InChI=1S/C38H28F6N6O2/c39-37(40,41)33-27-18-19-49(21-29(27)47-36(48-33)38(42,43)44)30(51)17-16-28-31-34(45-23-46-35(31)52-22-25-12-6-2-7-13-25)50(20-24-10-4-1-5-11-24)32(28)26-14-8-3-9-15-26/h1-17,23H,18-22H2/b17-16+. The van der Waals surface area contributed by atoms with Gasteiger partial charge in [0.15, 0.2) is 5.69 Å². The highest BCUT2D eigenvalue weighted by atomic mass is 19.4. The highest BCUT2D eigenvalue weighted by Crippen LogP contribution is 2.40. The van der Waals surface area contributed by atoms with E-state index >= 15 is 0 Å². The first-order chi connectivity index (χ1) is 25.0. The van der Waals surface area contributed by atoms with Crippen LogP contribution in [0.15, 0.2) is 103 Å². The third-order valence-electron chi connectivity index (χ3n) is 8.58. The normalized spacial score (nSPS) is 13.5. The summed E-state index contributed by atoms with van der Waals surface area (Å²) in [5.74, 6) is -2.30. The number of amides is 1. The van der Waals surface area contributed by atoms with Crippen molar-refractivity contribution in [2.75, 3.05) is 6.54 Å². The molecule has 0 fully saturated rings. The Balaban J connectivity index is 1.32. The van der Waals surface area contributed by atoms with Gasteiger partial charge in [0, 0.05) is 30.3 Å². The van der Waals surface area contributed by atoms with Crippen molar-refractivity contribution in [1.29, 1.82) is 0 Å². The molecule has 0 saturated heterocycles. The second-order valence-electron chi connectivity index (χ2n) is 12.0. The molecule has 8 nitrogen and oxygen atoms in total. The van der Waals surface area contributed by atoms with Crippen LogP contribution in [0.4, 0.5) is 26.3 Å². The number of aromatic nitrogens is 5. The number of nitrogens with zero attached hydrogens (tertiary/aromatic N) is 6. The summed E-state index contributed by atoms with van der Waals surface area (Å²) in [6, 6.07) is 28.6. The average molecular weight is 715 g/mol. The Morgan fingerprint density at radius 3 is 2.12 bits per heavy atom. The molecule has 0 N–H and O–H groups in total. The van der Waals surface area contributed by atoms with Crippen LogP contribution in [0, 0.1) is 0 Å². The number of carbonyl (C=O) groups excluding carboxylic acids is 1. The number of ether oxygens (including phenoxy) is 1. The van der Waals surface area contributed by atoms with E-state index in [2.05, 4.69) is 19.9 Å². The molecule has 0 radical (unpaired) electrons. The van der Waals surface area contributed by atoms with Gasteiger partial charge in [0.25, 0.3) is 0 Å². The fourth-order valence-corrected chi connectivity index (χ4v) is 6.24. The third kappa shape index (κ3) is 7.09. The van der Waals surface area contributed by atoms with Crippen molar-refractivity contribution in [2.45, 2.75) is 38.5 Å². The molecule has 52 heavy (non-hydrogen) atoms. The predicted octanol–water partition coefficient (Wildman–Crippen LogP) is 8.15. The number of fused-ring (bicyclic) bond motifs is 2. The molecular formula is C38H28F6N6O2. The molecule has 0 aliphatic carbocycles. The Morgan fingerprint density at radius 1 is 0.808 bits per heavy atom. The van der Waals surface area contributed by atoms with E-state index in [4.69, 9.17) is 4.74 Å². The van der Waals surface area contributed by atoms with Crippen molar-refractivity contribution in [2.24, 2.45) is 0 Å². The van der Waals surface area contributed by atoms with Gasteiger partial charge in [0.2, 0.25) is 17.6 Å². The van der Waals surface area contributed by atoms with Gasteiger partial charge in [0.05, 0.1) is 23.3 Å². The molecule has 3 aromatic heterocycles. The van der Waals surface area contributed by atoms with Crippen LogP contribution in [-0.2, 0) is 43.3 Å². The van der Waals surface area contributed by atoms with Crippen molar-refractivity contribution < 1.29 is 35.9 Å². The van der Waals surface area contributed by atoms with Crippen LogP contribution < -0.4 is 4.74 Å². The maximum atomic E-state index is 13.8. The highest BCUT2D eigenvalue weighted by Gasteiger charge is 2.43. The molecule has 4 heterocycles. The molecule has 0 saturated carbocycles. The molecule has 0 spiro atoms. The number of halogens is 6. The lowest BCUT2D eigenvalue weighted by molar-refractivity contribution is -0.153. The van der Waals surface area contributed by atoms with Gasteiger partial charge in [-0.05, 0) is 29.2 Å². The number of alkyl halides is 6. The third-order valence-corrected chi connectivity index (χ3v) is 8.58. The van der Waals surface area contributed by atoms with Gasteiger partial charge in [-0.15, -0.1) is 0 Å². The number of hydrogen-bond donors (Lipinski definition) is 0. The van der Waals surface area contributed by atoms with Gasteiger partial charge in [0.1, 0.15) is 18.6 Å². The molecule has 1 aliphatic rings. The maximum Gasteiger partial charge on any atom is 0.451 e. The molecule has 6 aromatic rings. The summed E-state index contributed by atoms with van der Waals surface area (Å²) in [5.41, 5.74) is 1.80. The lowest BCUT2D eigenvalue weighted by atomic mass is 10.0. The van der Waals surface area contributed by atoms with E-state index in [0.29, 0.717) is 28.8 Å². The van der Waals surface area contributed by atoms with Crippen molar-refractivity contribution in [3.8, 4) is 17.1 Å². The van der Waals surface area contributed by atoms with E-state index < -0.39 is 47.6 Å². The van der Waals surface area contributed by atoms with Gasteiger partial charge >= 0.3 is 12.4 Å². The molecule has 3 aromatic carbocycles. The summed E-state index contributed by atoms with van der Waals surface area (Å²) in [4.78, 5) is 30.2. The molecular weight excluding hydrogens is 686 g/mol. The largest absolute Gasteiger partial charge is 0.472 e. The molecule has 0 unspecified atom stereocenters. The lowest BCUT2D eigenvalue weighted by Gasteiger charge is -2.29. The van der Waals surface area contributed by atoms with Crippen LogP contribution in [0.25, 0.3) is 28.4 Å². The summed E-state index contributed by atoms with van der Waals surface area (Å²) in [6.45, 7) is -0.175. The van der Waals surface area contributed by atoms with Crippen LogP contribution in [0.1, 0.15) is 39.5 Å². The number of hydrogen-bond acceptors (Lipinski definition) is 6. The Hall–Kier alpha value is -6.05. The van der Waals surface area contributed by atoms with E-state index in [9.17, 15) is 31.1 Å². The second-order valence-corrected chi connectivity index (χ2v) is 12.0. The fraction of sp³-hybridized carbons (Fsp3) is 0.184. The first-order valence-corrected chi connectivity index (χ1v) is 16.1. The van der Waals surface area contributed by atoms with E-state index in [1.807, 2.05) is 95.6 Å². The van der Waals surface area contributed by atoms with Crippen LogP contribution in [-0.4, -0.2) is 41.9 Å². The van der Waals surface area contributed by atoms with E-state index in [0.717, 1.165) is 21.6 Å². The molecule has 0 atom stereocenters. The van der Waals surface area contributed by atoms with Crippen molar-refractivity contribution in [1.82, 2.24) is 29.4 Å². The topological polar surface area (TPSA) is 86.0 Å². The van der Waals surface area contributed by atoms with E-state index in [-0.39, 0.29) is 25.5 Å². The Kier molecular flexibility index (Phi) is 9.22. The Morgan fingerprint density at radius 2 is 1.46 bits per heavy atom. The lowest BCUT2D eigenvalue weighted by Crippen LogP contribution is -2.37. The molecule has 264 valence electrons.